The van der Waals surface area contributed by atoms with Crippen molar-refractivity contribution in [3.8, 4) is 0 Å². The molecule has 1 aromatic carbocycles. The van der Waals surface area contributed by atoms with Crippen LogP contribution >= 0.6 is 15.9 Å². The van der Waals surface area contributed by atoms with Crippen LogP contribution in [0.1, 0.15) is 20.8 Å². The molecule has 0 unspecified atom stereocenters. The minimum Gasteiger partial charge on any atom is -0.399 e. The van der Waals surface area contributed by atoms with E-state index in [-0.39, 0.29) is 11.6 Å². The molecule has 4 N–H and O–H groups in total. The summed E-state index contributed by atoms with van der Waals surface area (Å²) in [5, 5.41) is 5.55. The van der Waals surface area contributed by atoms with Gasteiger partial charge < -0.3 is 16.4 Å². The lowest BCUT2D eigenvalue weighted by atomic mass is 10.1. The van der Waals surface area contributed by atoms with Gasteiger partial charge in [0.1, 0.15) is 0 Å². The lowest BCUT2D eigenvalue weighted by Gasteiger charge is -2.21. The van der Waals surface area contributed by atoms with Gasteiger partial charge in [0.05, 0.1) is 5.69 Å². The first-order valence-electron chi connectivity index (χ1n) is 4.92. The summed E-state index contributed by atoms with van der Waals surface area (Å²) in [5.41, 5.74) is 6.68. The molecule has 0 saturated carbocycles. The Labute approximate surface area is 104 Å². The minimum atomic E-state index is -0.260. The highest BCUT2D eigenvalue weighted by atomic mass is 79.9. The highest BCUT2D eigenvalue weighted by Crippen LogP contribution is 2.24. The maximum absolute atomic E-state index is 11.6. The molecule has 0 radical (unpaired) electrons. The first kappa shape index (κ1) is 12.8. The molecular weight excluding hydrogens is 270 g/mol. The van der Waals surface area contributed by atoms with Crippen molar-refractivity contribution in [1.29, 1.82) is 0 Å². The molecule has 88 valence electrons. The smallest absolute Gasteiger partial charge is 0.319 e. The van der Waals surface area contributed by atoms with Crippen LogP contribution in [0.25, 0.3) is 0 Å². The fourth-order valence-corrected chi connectivity index (χ4v) is 1.62. The molecule has 1 rings (SSSR count). The normalized spacial score (nSPS) is 11.0. The van der Waals surface area contributed by atoms with Crippen LogP contribution in [0.3, 0.4) is 0 Å². The van der Waals surface area contributed by atoms with Crippen LogP contribution in [-0.2, 0) is 0 Å². The molecule has 0 aliphatic heterocycles. The molecule has 16 heavy (non-hydrogen) atoms. The first-order valence-corrected chi connectivity index (χ1v) is 5.71. The fraction of sp³-hybridized carbons (Fsp3) is 0.364. The Bertz CT molecular complexity index is 399. The molecular formula is C11H16BrN3O. The summed E-state index contributed by atoms with van der Waals surface area (Å²) in [6, 6.07) is 4.99. The van der Waals surface area contributed by atoms with Gasteiger partial charge in [-0.1, -0.05) is 0 Å². The molecule has 0 bridgehead atoms. The molecule has 0 saturated heterocycles. The number of anilines is 2. The van der Waals surface area contributed by atoms with Gasteiger partial charge in [-0.15, -0.1) is 0 Å². The van der Waals surface area contributed by atoms with E-state index in [0.29, 0.717) is 11.4 Å². The van der Waals surface area contributed by atoms with E-state index in [1.54, 1.807) is 18.2 Å². The number of halogens is 1. The third-order valence-electron chi connectivity index (χ3n) is 1.73. The number of rotatable bonds is 1. The molecule has 0 aliphatic carbocycles. The maximum Gasteiger partial charge on any atom is 0.319 e. The summed E-state index contributed by atoms with van der Waals surface area (Å²) in [7, 11) is 0. The van der Waals surface area contributed by atoms with E-state index in [1.165, 1.54) is 0 Å². The first-order chi connectivity index (χ1) is 7.28. The second-order valence-electron chi connectivity index (χ2n) is 4.57. The number of nitrogens with two attached hydrogens (primary N) is 1. The Morgan fingerprint density at radius 3 is 2.50 bits per heavy atom. The number of hydrogen-bond donors (Lipinski definition) is 3. The Morgan fingerprint density at radius 2 is 2.00 bits per heavy atom. The Balaban J connectivity index is 2.70. The minimum absolute atomic E-state index is 0.238. The molecule has 5 heteroatoms. The second kappa shape index (κ2) is 4.74. The van der Waals surface area contributed by atoms with Gasteiger partial charge in [0.2, 0.25) is 0 Å². The van der Waals surface area contributed by atoms with Crippen molar-refractivity contribution in [2.45, 2.75) is 26.3 Å². The van der Waals surface area contributed by atoms with Gasteiger partial charge in [-0.3, -0.25) is 0 Å². The summed E-state index contributed by atoms with van der Waals surface area (Å²) in [6.07, 6.45) is 0. The zero-order chi connectivity index (χ0) is 12.3. The number of carbonyl (C=O) groups excluding carboxylic acids is 1. The van der Waals surface area contributed by atoms with Gasteiger partial charge in [0.25, 0.3) is 0 Å². The topological polar surface area (TPSA) is 67.2 Å². The summed E-state index contributed by atoms with van der Waals surface area (Å²) in [4.78, 5) is 11.6. The standard InChI is InChI=1S/C11H16BrN3O/c1-11(2,3)15-10(16)14-9-5-4-7(13)6-8(9)12/h4-6H,13H2,1-3H3,(H2,14,15,16). The molecule has 0 aliphatic rings. The predicted molar refractivity (Wildman–Crippen MR) is 70.5 cm³/mol. The monoisotopic (exact) mass is 285 g/mol. The molecule has 0 spiro atoms. The summed E-state index contributed by atoms with van der Waals surface area (Å²) in [5.74, 6) is 0. The van der Waals surface area contributed by atoms with Crippen LogP contribution in [0, 0.1) is 0 Å². The highest BCUT2D eigenvalue weighted by Gasteiger charge is 2.14. The van der Waals surface area contributed by atoms with E-state index in [0.717, 1.165) is 4.47 Å². The van der Waals surface area contributed by atoms with Gasteiger partial charge in [0.15, 0.2) is 0 Å². The van der Waals surface area contributed by atoms with Gasteiger partial charge in [0, 0.05) is 15.7 Å². The SMILES string of the molecule is CC(C)(C)NC(=O)Nc1ccc(N)cc1Br. The van der Waals surface area contributed by atoms with E-state index < -0.39 is 0 Å². The van der Waals surface area contributed by atoms with Crippen molar-refractivity contribution in [2.24, 2.45) is 0 Å². The number of amides is 2. The summed E-state index contributed by atoms with van der Waals surface area (Å²) < 4.78 is 0.761. The van der Waals surface area contributed by atoms with Gasteiger partial charge >= 0.3 is 6.03 Å². The zero-order valence-electron chi connectivity index (χ0n) is 9.60. The fourth-order valence-electron chi connectivity index (χ4n) is 1.13. The van der Waals surface area contributed by atoms with Gasteiger partial charge in [-0.2, -0.15) is 0 Å². The molecule has 0 aromatic heterocycles. The third-order valence-corrected chi connectivity index (χ3v) is 2.39. The summed E-state index contributed by atoms with van der Waals surface area (Å²) in [6.45, 7) is 5.76. The number of nitrogens with one attached hydrogen (secondary N) is 2. The number of carbonyl (C=O) groups is 1. The van der Waals surface area contributed by atoms with Gasteiger partial charge in [-0.25, -0.2) is 4.79 Å². The van der Waals surface area contributed by atoms with Gasteiger partial charge in [-0.05, 0) is 54.9 Å². The number of urea groups is 1. The van der Waals surface area contributed by atoms with Crippen LogP contribution in [-0.4, -0.2) is 11.6 Å². The maximum atomic E-state index is 11.6. The summed E-state index contributed by atoms with van der Waals surface area (Å²) >= 11 is 3.33. The highest BCUT2D eigenvalue weighted by molar-refractivity contribution is 9.10. The third kappa shape index (κ3) is 4.10. The van der Waals surface area contributed by atoms with E-state index in [9.17, 15) is 4.79 Å². The predicted octanol–water partition coefficient (Wildman–Crippen LogP) is 2.95. The van der Waals surface area contributed by atoms with Crippen LogP contribution in [0.15, 0.2) is 22.7 Å². The van der Waals surface area contributed by atoms with Crippen LogP contribution in [0.2, 0.25) is 0 Å². The van der Waals surface area contributed by atoms with Crippen molar-refractivity contribution < 1.29 is 4.79 Å². The molecule has 4 nitrogen and oxygen atoms in total. The van der Waals surface area contributed by atoms with E-state index >= 15 is 0 Å². The number of nitrogen functional groups attached to an aromatic ring is 1. The molecule has 0 heterocycles. The lowest BCUT2D eigenvalue weighted by Crippen LogP contribution is -2.43. The average Bonchev–Trinajstić information content (AvgIpc) is 2.06. The largest absolute Gasteiger partial charge is 0.399 e. The average molecular weight is 286 g/mol. The number of benzene rings is 1. The zero-order valence-corrected chi connectivity index (χ0v) is 11.2. The Kier molecular flexibility index (Phi) is 3.80. The van der Waals surface area contributed by atoms with E-state index in [2.05, 4.69) is 26.6 Å². The van der Waals surface area contributed by atoms with Crippen molar-refractivity contribution in [3.05, 3.63) is 22.7 Å². The van der Waals surface area contributed by atoms with Crippen LogP contribution in [0.5, 0.6) is 0 Å². The van der Waals surface area contributed by atoms with Crippen LogP contribution < -0.4 is 16.4 Å². The molecule has 1 aromatic rings. The van der Waals surface area contributed by atoms with Crippen molar-refractivity contribution in [2.75, 3.05) is 11.1 Å². The molecule has 0 fully saturated rings. The second-order valence-corrected chi connectivity index (χ2v) is 5.42. The van der Waals surface area contributed by atoms with Crippen molar-refractivity contribution in [3.63, 3.8) is 0 Å². The quantitative estimate of drug-likeness (QED) is 0.695. The lowest BCUT2D eigenvalue weighted by molar-refractivity contribution is 0.244. The Hall–Kier alpha value is -1.23. The Morgan fingerprint density at radius 1 is 1.38 bits per heavy atom. The van der Waals surface area contributed by atoms with Crippen molar-refractivity contribution >= 4 is 33.3 Å². The van der Waals surface area contributed by atoms with E-state index in [1.807, 2.05) is 20.8 Å². The van der Waals surface area contributed by atoms with Crippen LogP contribution in [0.4, 0.5) is 16.2 Å². The molecule has 2 amide bonds. The number of hydrogen-bond acceptors (Lipinski definition) is 2. The van der Waals surface area contributed by atoms with Crippen molar-refractivity contribution in [1.82, 2.24) is 5.32 Å². The molecule has 0 atom stereocenters. The van der Waals surface area contributed by atoms with E-state index in [4.69, 9.17) is 5.73 Å².